The van der Waals surface area contributed by atoms with Crippen molar-refractivity contribution in [2.24, 2.45) is 0 Å². The molecule has 0 fully saturated rings. The highest BCUT2D eigenvalue weighted by molar-refractivity contribution is 7.98. The van der Waals surface area contributed by atoms with Crippen LogP contribution in [0.2, 0.25) is 0 Å². The number of thioether (sulfide) groups is 1. The Kier molecular flexibility index (Phi) is 4.15. The van der Waals surface area contributed by atoms with Gasteiger partial charge in [-0.15, -0.1) is 11.8 Å². The van der Waals surface area contributed by atoms with Gasteiger partial charge < -0.3 is 9.73 Å². The lowest BCUT2D eigenvalue weighted by molar-refractivity contribution is 0.496. The highest BCUT2D eigenvalue weighted by Crippen LogP contribution is 2.32. The van der Waals surface area contributed by atoms with Crippen LogP contribution in [0.1, 0.15) is 28.7 Å². The van der Waals surface area contributed by atoms with Crippen LogP contribution in [0.15, 0.2) is 39.6 Å². The van der Waals surface area contributed by atoms with Crippen molar-refractivity contribution in [3.63, 3.8) is 0 Å². The normalized spacial score (nSPS) is 12.7. The maximum absolute atomic E-state index is 5.65. The van der Waals surface area contributed by atoms with Crippen molar-refractivity contribution in [1.29, 1.82) is 0 Å². The molecule has 1 N–H and O–H groups in total. The van der Waals surface area contributed by atoms with Gasteiger partial charge in [-0.25, -0.2) is 0 Å². The second kappa shape index (κ2) is 5.63. The summed E-state index contributed by atoms with van der Waals surface area (Å²) in [7, 11) is 1.99. The molecule has 18 heavy (non-hydrogen) atoms. The molecule has 1 heterocycles. The molecule has 96 valence electrons. The topological polar surface area (TPSA) is 25.2 Å². The molecule has 0 saturated carbocycles. The first-order valence-corrected chi connectivity index (χ1v) is 7.27. The van der Waals surface area contributed by atoms with Crippen molar-refractivity contribution < 1.29 is 4.42 Å². The van der Waals surface area contributed by atoms with Crippen LogP contribution in [-0.4, -0.2) is 13.3 Å². The maximum Gasteiger partial charge on any atom is 0.106 e. The standard InChI is InChI=1S/C15H19NOS/c1-10-9-13(11(2)17-10)15(16-3)12-7-5-6-8-14(12)18-4/h5-9,15-16H,1-4H3. The zero-order valence-electron chi connectivity index (χ0n) is 11.3. The van der Waals surface area contributed by atoms with Crippen LogP contribution in [0.5, 0.6) is 0 Å². The number of aryl methyl sites for hydroxylation is 2. The molecule has 2 rings (SSSR count). The molecule has 0 bridgehead atoms. The van der Waals surface area contributed by atoms with Crippen molar-refractivity contribution in [3.05, 3.63) is 53.0 Å². The molecule has 3 heteroatoms. The summed E-state index contributed by atoms with van der Waals surface area (Å²) in [6, 6.07) is 10.8. The minimum Gasteiger partial charge on any atom is -0.466 e. The van der Waals surface area contributed by atoms with Gasteiger partial charge in [-0.2, -0.15) is 0 Å². The molecule has 2 nitrogen and oxygen atoms in total. The van der Waals surface area contributed by atoms with Crippen LogP contribution in [0.4, 0.5) is 0 Å². The zero-order chi connectivity index (χ0) is 13.1. The zero-order valence-corrected chi connectivity index (χ0v) is 12.1. The molecule has 1 unspecified atom stereocenters. The summed E-state index contributed by atoms with van der Waals surface area (Å²) >= 11 is 1.78. The predicted octanol–water partition coefficient (Wildman–Crippen LogP) is 3.93. The van der Waals surface area contributed by atoms with Gasteiger partial charge in [0.05, 0.1) is 6.04 Å². The fraction of sp³-hybridized carbons (Fsp3) is 0.333. The maximum atomic E-state index is 5.65. The number of benzene rings is 1. The van der Waals surface area contributed by atoms with Gasteiger partial charge >= 0.3 is 0 Å². The Balaban J connectivity index is 2.48. The van der Waals surface area contributed by atoms with Crippen LogP contribution >= 0.6 is 11.8 Å². The number of hydrogen-bond donors (Lipinski definition) is 1. The minimum absolute atomic E-state index is 0.186. The fourth-order valence-electron chi connectivity index (χ4n) is 2.32. The Hall–Kier alpha value is -1.19. The van der Waals surface area contributed by atoms with E-state index in [1.54, 1.807) is 11.8 Å². The van der Waals surface area contributed by atoms with Crippen LogP contribution in [0, 0.1) is 13.8 Å². The Morgan fingerprint density at radius 2 is 1.89 bits per heavy atom. The summed E-state index contributed by atoms with van der Waals surface area (Å²) in [5.74, 6) is 1.95. The van der Waals surface area contributed by atoms with Crippen molar-refractivity contribution in [2.75, 3.05) is 13.3 Å². The van der Waals surface area contributed by atoms with Crippen molar-refractivity contribution in [3.8, 4) is 0 Å². The van der Waals surface area contributed by atoms with Gasteiger partial charge in [0.2, 0.25) is 0 Å². The van der Waals surface area contributed by atoms with E-state index in [1.807, 2.05) is 20.9 Å². The third-order valence-electron chi connectivity index (χ3n) is 3.13. The smallest absolute Gasteiger partial charge is 0.106 e. The summed E-state index contributed by atoms with van der Waals surface area (Å²) in [4.78, 5) is 1.30. The Bertz CT molecular complexity index is 533. The van der Waals surface area contributed by atoms with E-state index < -0.39 is 0 Å². The van der Waals surface area contributed by atoms with E-state index >= 15 is 0 Å². The fourth-order valence-corrected chi connectivity index (χ4v) is 2.96. The average Bonchev–Trinajstić information content (AvgIpc) is 2.70. The largest absolute Gasteiger partial charge is 0.466 e. The molecule has 0 radical (unpaired) electrons. The molecule has 2 aromatic rings. The van der Waals surface area contributed by atoms with E-state index in [0.29, 0.717) is 0 Å². The number of hydrogen-bond acceptors (Lipinski definition) is 3. The first-order chi connectivity index (χ1) is 8.67. The van der Waals surface area contributed by atoms with Crippen molar-refractivity contribution >= 4 is 11.8 Å². The highest BCUT2D eigenvalue weighted by Gasteiger charge is 2.19. The number of rotatable bonds is 4. The van der Waals surface area contributed by atoms with Crippen molar-refractivity contribution in [2.45, 2.75) is 24.8 Å². The minimum atomic E-state index is 0.186. The lowest BCUT2D eigenvalue weighted by atomic mass is 9.99. The SMILES string of the molecule is CNC(c1ccccc1SC)c1cc(C)oc1C. The average molecular weight is 261 g/mol. The van der Waals surface area contributed by atoms with Gasteiger partial charge in [0.15, 0.2) is 0 Å². The molecule has 0 aliphatic rings. The third kappa shape index (κ3) is 2.47. The lowest BCUT2D eigenvalue weighted by Crippen LogP contribution is -2.18. The molecule has 1 aromatic carbocycles. The second-order valence-electron chi connectivity index (χ2n) is 4.33. The molecule has 1 atom stereocenters. The van der Waals surface area contributed by atoms with E-state index in [4.69, 9.17) is 4.42 Å². The summed E-state index contributed by atoms with van der Waals surface area (Å²) in [6.45, 7) is 4.01. The predicted molar refractivity (Wildman–Crippen MR) is 77.3 cm³/mol. The molecule has 0 amide bonds. The molecule has 0 aliphatic carbocycles. The summed E-state index contributed by atoms with van der Waals surface area (Å²) < 4.78 is 5.65. The van der Waals surface area contributed by atoms with E-state index in [1.165, 1.54) is 16.0 Å². The van der Waals surface area contributed by atoms with E-state index in [0.717, 1.165) is 11.5 Å². The molecular formula is C15H19NOS. The van der Waals surface area contributed by atoms with Gasteiger partial charge in [0.25, 0.3) is 0 Å². The third-order valence-corrected chi connectivity index (χ3v) is 3.94. The summed E-state index contributed by atoms with van der Waals surface area (Å²) in [5, 5.41) is 3.39. The second-order valence-corrected chi connectivity index (χ2v) is 5.18. The van der Waals surface area contributed by atoms with Crippen molar-refractivity contribution in [1.82, 2.24) is 5.32 Å². The quantitative estimate of drug-likeness (QED) is 0.844. The first kappa shape index (κ1) is 13.2. The van der Waals surface area contributed by atoms with Gasteiger partial charge in [-0.05, 0) is 44.8 Å². The summed E-state index contributed by atoms with van der Waals surface area (Å²) in [6.07, 6.45) is 2.11. The molecule has 0 spiro atoms. The number of furan rings is 1. The van der Waals surface area contributed by atoms with Crippen LogP contribution in [-0.2, 0) is 0 Å². The highest BCUT2D eigenvalue weighted by atomic mass is 32.2. The Morgan fingerprint density at radius 1 is 1.17 bits per heavy atom. The monoisotopic (exact) mass is 261 g/mol. The Morgan fingerprint density at radius 3 is 2.44 bits per heavy atom. The summed E-state index contributed by atoms with van der Waals surface area (Å²) in [5.41, 5.74) is 2.52. The van der Waals surface area contributed by atoms with E-state index in [-0.39, 0.29) is 6.04 Å². The van der Waals surface area contributed by atoms with Gasteiger partial charge in [-0.1, -0.05) is 18.2 Å². The molecule has 1 aromatic heterocycles. The van der Waals surface area contributed by atoms with Crippen LogP contribution in [0.25, 0.3) is 0 Å². The van der Waals surface area contributed by atoms with E-state index in [2.05, 4.69) is 41.9 Å². The van der Waals surface area contributed by atoms with E-state index in [9.17, 15) is 0 Å². The number of nitrogens with one attached hydrogen (secondary N) is 1. The first-order valence-electron chi connectivity index (χ1n) is 6.04. The Labute approximate surface area is 113 Å². The van der Waals surface area contributed by atoms with Crippen LogP contribution in [0.3, 0.4) is 0 Å². The molecule has 0 aliphatic heterocycles. The van der Waals surface area contributed by atoms with Gasteiger partial charge in [0, 0.05) is 10.5 Å². The molecule has 0 saturated heterocycles. The van der Waals surface area contributed by atoms with Gasteiger partial charge in [0.1, 0.15) is 11.5 Å². The van der Waals surface area contributed by atoms with Crippen LogP contribution < -0.4 is 5.32 Å². The lowest BCUT2D eigenvalue weighted by Gasteiger charge is -2.18. The molecular weight excluding hydrogens is 242 g/mol. The van der Waals surface area contributed by atoms with Gasteiger partial charge in [-0.3, -0.25) is 0 Å².